The van der Waals surface area contributed by atoms with Crippen molar-refractivity contribution in [1.82, 2.24) is 4.90 Å². The number of ether oxygens (including phenoxy) is 2. The molecule has 22 heavy (non-hydrogen) atoms. The van der Waals surface area contributed by atoms with Crippen LogP contribution in [0.4, 0.5) is 0 Å². The average molecular weight is 338 g/mol. The second-order valence-electron chi connectivity index (χ2n) is 4.97. The maximum Gasteiger partial charge on any atom is 0.260 e. The van der Waals surface area contributed by atoms with Crippen LogP contribution >= 0.6 is 22.9 Å². The molecule has 1 fully saturated rings. The lowest BCUT2D eigenvalue weighted by atomic mass is 10.1. The summed E-state index contributed by atoms with van der Waals surface area (Å²) in [6, 6.07) is 7.55. The molecule has 0 spiro atoms. The second-order valence-corrected chi connectivity index (χ2v) is 6.19. The van der Waals surface area contributed by atoms with Gasteiger partial charge in [-0.1, -0.05) is 11.6 Å². The molecule has 0 radical (unpaired) electrons. The fourth-order valence-corrected chi connectivity index (χ4v) is 3.18. The Labute approximate surface area is 138 Å². The molecule has 4 nitrogen and oxygen atoms in total. The van der Waals surface area contributed by atoms with E-state index in [1.165, 1.54) is 0 Å². The van der Waals surface area contributed by atoms with Gasteiger partial charge < -0.3 is 14.4 Å². The summed E-state index contributed by atoms with van der Waals surface area (Å²) in [7, 11) is 0. The summed E-state index contributed by atoms with van der Waals surface area (Å²) in [4.78, 5) is 13.8. The summed E-state index contributed by atoms with van der Waals surface area (Å²) in [5.41, 5.74) is 2.08. The van der Waals surface area contributed by atoms with Crippen molar-refractivity contribution in [3.8, 4) is 16.9 Å². The maximum atomic E-state index is 12.1. The Bertz CT molecular complexity index is 639. The van der Waals surface area contributed by atoms with E-state index in [0.29, 0.717) is 37.1 Å². The van der Waals surface area contributed by atoms with Gasteiger partial charge in [0.25, 0.3) is 5.91 Å². The molecule has 0 atom stereocenters. The Morgan fingerprint density at radius 2 is 2.09 bits per heavy atom. The highest BCUT2D eigenvalue weighted by molar-refractivity contribution is 7.08. The summed E-state index contributed by atoms with van der Waals surface area (Å²) in [5.74, 6) is 0.579. The van der Waals surface area contributed by atoms with Crippen LogP contribution in [0, 0.1) is 0 Å². The molecular weight excluding hydrogens is 322 g/mol. The van der Waals surface area contributed by atoms with Crippen LogP contribution in [-0.4, -0.2) is 43.7 Å². The number of hydrogen-bond acceptors (Lipinski definition) is 4. The molecule has 3 rings (SSSR count). The predicted molar refractivity (Wildman–Crippen MR) is 87.7 cm³/mol. The molecule has 0 aliphatic carbocycles. The SMILES string of the molecule is O=C(COc1cc(Cl)cc(-c2ccsc2)c1)N1CCOCC1. The molecular formula is C16H16ClNO3S. The van der Waals surface area contributed by atoms with Crippen LogP contribution in [0.5, 0.6) is 5.75 Å². The molecule has 1 amide bonds. The molecule has 0 bridgehead atoms. The van der Waals surface area contributed by atoms with Gasteiger partial charge in [-0.05, 0) is 46.2 Å². The van der Waals surface area contributed by atoms with Crippen molar-refractivity contribution < 1.29 is 14.3 Å². The topological polar surface area (TPSA) is 38.8 Å². The lowest BCUT2D eigenvalue weighted by Crippen LogP contribution is -2.42. The van der Waals surface area contributed by atoms with E-state index in [0.717, 1.165) is 11.1 Å². The molecule has 1 aliphatic heterocycles. The van der Waals surface area contributed by atoms with E-state index in [1.807, 2.05) is 29.0 Å². The van der Waals surface area contributed by atoms with Gasteiger partial charge in [0, 0.05) is 18.1 Å². The van der Waals surface area contributed by atoms with Crippen LogP contribution in [0.1, 0.15) is 0 Å². The quantitative estimate of drug-likeness (QED) is 0.859. The van der Waals surface area contributed by atoms with E-state index in [-0.39, 0.29) is 12.5 Å². The number of hydrogen-bond donors (Lipinski definition) is 0. The molecule has 116 valence electrons. The normalized spacial score (nSPS) is 14.9. The van der Waals surface area contributed by atoms with Crippen LogP contribution in [0.25, 0.3) is 11.1 Å². The van der Waals surface area contributed by atoms with Crippen LogP contribution in [-0.2, 0) is 9.53 Å². The van der Waals surface area contributed by atoms with Gasteiger partial charge in [0.05, 0.1) is 13.2 Å². The number of halogens is 1. The van der Waals surface area contributed by atoms with E-state index in [2.05, 4.69) is 0 Å². The molecule has 2 aromatic rings. The van der Waals surface area contributed by atoms with Gasteiger partial charge in [0.1, 0.15) is 5.75 Å². The molecule has 2 heterocycles. The minimum absolute atomic E-state index is 0.0173. The van der Waals surface area contributed by atoms with Gasteiger partial charge in [-0.3, -0.25) is 4.79 Å². The first-order valence-corrected chi connectivity index (χ1v) is 8.36. The van der Waals surface area contributed by atoms with Gasteiger partial charge in [-0.15, -0.1) is 0 Å². The lowest BCUT2D eigenvalue weighted by molar-refractivity contribution is -0.137. The van der Waals surface area contributed by atoms with E-state index in [4.69, 9.17) is 21.1 Å². The summed E-state index contributed by atoms with van der Waals surface area (Å²) in [6.45, 7) is 2.44. The first-order valence-electron chi connectivity index (χ1n) is 7.04. The smallest absolute Gasteiger partial charge is 0.260 e. The predicted octanol–water partition coefficient (Wildman–Crippen LogP) is 3.31. The van der Waals surface area contributed by atoms with Gasteiger partial charge in [0.15, 0.2) is 6.61 Å². The summed E-state index contributed by atoms with van der Waals surface area (Å²) < 4.78 is 10.9. The van der Waals surface area contributed by atoms with Crippen LogP contribution in [0.3, 0.4) is 0 Å². The third-order valence-electron chi connectivity index (χ3n) is 3.45. The number of morpholine rings is 1. The van der Waals surface area contributed by atoms with Gasteiger partial charge in [0.2, 0.25) is 0 Å². The highest BCUT2D eigenvalue weighted by Gasteiger charge is 2.17. The van der Waals surface area contributed by atoms with E-state index in [9.17, 15) is 4.79 Å². The lowest BCUT2D eigenvalue weighted by Gasteiger charge is -2.26. The molecule has 6 heteroatoms. The van der Waals surface area contributed by atoms with Crippen molar-refractivity contribution in [2.45, 2.75) is 0 Å². The summed E-state index contributed by atoms with van der Waals surface area (Å²) >= 11 is 7.77. The van der Waals surface area contributed by atoms with E-state index in [1.54, 1.807) is 22.3 Å². The highest BCUT2D eigenvalue weighted by Crippen LogP contribution is 2.29. The molecule has 0 N–H and O–H groups in total. The van der Waals surface area contributed by atoms with Gasteiger partial charge in [-0.2, -0.15) is 11.3 Å². The van der Waals surface area contributed by atoms with Crippen LogP contribution in [0.15, 0.2) is 35.0 Å². The zero-order valence-electron chi connectivity index (χ0n) is 12.0. The van der Waals surface area contributed by atoms with Crippen LogP contribution < -0.4 is 4.74 Å². The second kappa shape index (κ2) is 7.13. The molecule has 1 saturated heterocycles. The monoisotopic (exact) mass is 337 g/mol. The number of thiophene rings is 1. The van der Waals surface area contributed by atoms with Crippen molar-refractivity contribution in [3.05, 3.63) is 40.0 Å². The number of carbonyl (C=O) groups excluding carboxylic acids is 1. The minimum atomic E-state index is -0.0274. The summed E-state index contributed by atoms with van der Waals surface area (Å²) in [5, 5.41) is 4.66. The third kappa shape index (κ3) is 3.80. The largest absolute Gasteiger partial charge is 0.484 e. The molecule has 1 aliphatic rings. The first-order chi connectivity index (χ1) is 10.7. The van der Waals surface area contributed by atoms with Gasteiger partial charge in [-0.25, -0.2) is 0 Å². The third-order valence-corrected chi connectivity index (χ3v) is 4.35. The summed E-state index contributed by atoms with van der Waals surface area (Å²) in [6.07, 6.45) is 0. The molecule has 0 saturated carbocycles. The molecule has 0 unspecified atom stereocenters. The number of rotatable bonds is 4. The fourth-order valence-electron chi connectivity index (χ4n) is 2.29. The van der Waals surface area contributed by atoms with Crippen molar-refractivity contribution in [3.63, 3.8) is 0 Å². The minimum Gasteiger partial charge on any atom is -0.484 e. The van der Waals surface area contributed by atoms with E-state index >= 15 is 0 Å². The van der Waals surface area contributed by atoms with Crippen molar-refractivity contribution in [2.24, 2.45) is 0 Å². The van der Waals surface area contributed by atoms with Gasteiger partial charge >= 0.3 is 0 Å². The first kappa shape index (κ1) is 15.3. The van der Waals surface area contributed by atoms with Crippen LogP contribution in [0.2, 0.25) is 5.02 Å². The maximum absolute atomic E-state index is 12.1. The van der Waals surface area contributed by atoms with Crippen molar-refractivity contribution in [1.29, 1.82) is 0 Å². The Hall–Kier alpha value is -1.56. The average Bonchev–Trinajstić information content (AvgIpc) is 3.07. The molecule has 1 aromatic carbocycles. The Balaban J connectivity index is 1.66. The number of nitrogens with zero attached hydrogens (tertiary/aromatic N) is 1. The number of benzene rings is 1. The zero-order chi connectivity index (χ0) is 15.4. The van der Waals surface area contributed by atoms with E-state index < -0.39 is 0 Å². The Kier molecular flexibility index (Phi) is 4.97. The standard InChI is InChI=1S/C16H16ClNO3S/c17-14-7-13(12-1-6-22-11-12)8-15(9-14)21-10-16(19)18-2-4-20-5-3-18/h1,6-9,11H,2-5,10H2. The number of carbonyl (C=O) groups is 1. The number of amides is 1. The Morgan fingerprint density at radius 3 is 2.82 bits per heavy atom. The van der Waals surface area contributed by atoms with Crippen molar-refractivity contribution >= 4 is 28.8 Å². The fraction of sp³-hybridized carbons (Fsp3) is 0.312. The van der Waals surface area contributed by atoms with Crippen molar-refractivity contribution in [2.75, 3.05) is 32.9 Å². The molecule has 1 aromatic heterocycles. The zero-order valence-corrected chi connectivity index (χ0v) is 13.5. The highest BCUT2D eigenvalue weighted by atomic mass is 35.5. The Morgan fingerprint density at radius 1 is 1.27 bits per heavy atom.